The van der Waals surface area contributed by atoms with Crippen LogP contribution in [-0.4, -0.2) is 40.5 Å². The van der Waals surface area contributed by atoms with Gasteiger partial charge in [0.05, 0.1) is 6.54 Å². The molecule has 1 N–H and O–H groups in total. The first-order chi connectivity index (χ1) is 12.8. The van der Waals surface area contributed by atoms with E-state index in [0.717, 1.165) is 43.3 Å². The van der Waals surface area contributed by atoms with Crippen molar-refractivity contribution in [3.63, 3.8) is 0 Å². The van der Waals surface area contributed by atoms with Gasteiger partial charge in [-0.1, -0.05) is 43.2 Å². The van der Waals surface area contributed by atoms with Crippen LogP contribution in [0.4, 0.5) is 0 Å². The summed E-state index contributed by atoms with van der Waals surface area (Å²) in [4.78, 5) is 11.5. The number of aliphatic imine (C=N–C) groups is 1. The number of hydrogen-bond donors (Lipinski definition) is 1. The summed E-state index contributed by atoms with van der Waals surface area (Å²) in [5.74, 6) is 3.80. The van der Waals surface area contributed by atoms with E-state index < -0.39 is 0 Å². The van der Waals surface area contributed by atoms with Gasteiger partial charge in [-0.15, -0.1) is 24.0 Å². The zero-order valence-corrected chi connectivity index (χ0v) is 18.4. The SMILES string of the molecule is CN=C(NCc1nccn1Cc1ccccc1)N1CC2CCCCC2C1.I. The fraction of sp³-hybridized carbons (Fsp3) is 0.524. The van der Waals surface area contributed by atoms with Gasteiger partial charge in [0.2, 0.25) is 0 Å². The number of rotatable bonds is 4. The maximum absolute atomic E-state index is 4.54. The first-order valence-electron chi connectivity index (χ1n) is 9.83. The number of benzene rings is 1. The second-order valence-electron chi connectivity index (χ2n) is 7.57. The second-order valence-corrected chi connectivity index (χ2v) is 7.57. The van der Waals surface area contributed by atoms with E-state index in [1.165, 1.54) is 31.2 Å². The van der Waals surface area contributed by atoms with E-state index >= 15 is 0 Å². The molecule has 1 aromatic heterocycles. The normalized spacial score (nSPS) is 22.3. The summed E-state index contributed by atoms with van der Waals surface area (Å²) in [7, 11) is 1.89. The average molecular weight is 479 g/mol. The maximum atomic E-state index is 4.54. The summed E-state index contributed by atoms with van der Waals surface area (Å²) in [5, 5.41) is 3.54. The van der Waals surface area contributed by atoms with Crippen LogP contribution >= 0.6 is 24.0 Å². The molecule has 27 heavy (non-hydrogen) atoms. The highest BCUT2D eigenvalue weighted by Gasteiger charge is 2.35. The predicted molar refractivity (Wildman–Crippen MR) is 120 cm³/mol. The molecule has 2 heterocycles. The molecule has 1 aromatic carbocycles. The molecule has 0 amide bonds. The summed E-state index contributed by atoms with van der Waals surface area (Å²) in [5.41, 5.74) is 1.29. The van der Waals surface area contributed by atoms with Crippen LogP contribution in [0.25, 0.3) is 0 Å². The third-order valence-corrected chi connectivity index (χ3v) is 5.89. The van der Waals surface area contributed by atoms with Crippen molar-refractivity contribution in [2.24, 2.45) is 16.8 Å². The standard InChI is InChI=1S/C21H29N5.HI/c1-22-21(26-15-18-9-5-6-10-19(18)16-26)24-13-20-23-11-12-25(20)14-17-7-3-2-4-8-17;/h2-4,7-8,11-12,18-19H,5-6,9-10,13-16H2,1H3,(H,22,24);1H. The highest BCUT2D eigenvalue weighted by molar-refractivity contribution is 14.0. The molecule has 1 aliphatic carbocycles. The van der Waals surface area contributed by atoms with E-state index in [1.54, 1.807) is 0 Å². The number of imidazole rings is 1. The molecule has 5 nitrogen and oxygen atoms in total. The molecular formula is C21H30IN5. The molecule has 1 saturated heterocycles. The molecule has 1 aliphatic heterocycles. The van der Waals surface area contributed by atoms with Gasteiger partial charge in [-0.05, 0) is 30.2 Å². The molecule has 2 aromatic rings. The minimum Gasteiger partial charge on any atom is -0.349 e. The van der Waals surface area contributed by atoms with Crippen molar-refractivity contribution < 1.29 is 0 Å². The highest BCUT2D eigenvalue weighted by atomic mass is 127. The number of guanidine groups is 1. The van der Waals surface area contributed by atoms with Crippen LogP contribution in [0.5, 0.6) is 0 Å². The van der Waals surface area contributed by atoms with E-state index in [9.17, 15) is 0 Å². The number of fused-ring (bicyclic) bond motifs is 1. The van der Waals surface area contributed by atoms with Crippen LogP contribution < -0.4 is 5.32 Å². The van der Waals surface area contributed by atoms with Gasteiger partial charge in [0.25, 0.3) is 0 Å². The van der Waals surface area contributed by atoms with Gasteiger partial charge in [-0.2, -0.15) is 0 Å². The summed E-state index contributed by atoms with van der Waals surface area (Å²) >= 11 is 0. The van der Waals surface area contributed by atoms with Gasteiger partial charge in [0.15, 0.2) is 5.96 Å². The Morgan fingerprint density at radius 1 is 1.15 bits per heavy atom. The Bertz CT molecular complexity index is 728. The number of nitrogens with one attached hydrogen (secondary N) is 1. The maximum Gasteiger partial charge on any atom is 0.194 e. The molecule has 6 heteroatoms. The molecule has 1 saturated carbocycles. The number of hydrogen-bond acceptors (Lipinski definition) is 2. The van der Waals surface area contributed by atoms with Crippen LogP contribution in [0, 0.1) is 11.8 Å². The van der Waals surface area contributed by atoms with Crippen molar-refractivity contribution in [3.8, 4) is 0 Å². The van der Waals surface area contributed by atoms with Crippen molar-refractivity contribution in [1.82, 2.24) is 19.8 Å². The number of likely N-dealkylation sites (tertiary alicyclic amines) is 1. The second kappa shape index (κ2) is 9.57. The largest absolute Gasteiger partial charge is 0.349 e. The minimum atomic E-state index is 0. The molecule has 0 radical (unpaired) electrons. The lowest BCUT2D eigenvalue weighted by molar-refractivity contribution is 0.299. The van der Waals surface area contributed by atoms with Gasteiger partial charge in [-0.3, -0.25) is 4.99 Å². The van der Waals surface area contributed by atoms with E-state index in [-0.39, 0.29) is 24.0 Å². The van der Waals surface area contributed by atoms with Crippen LogP contribution in [0.2, 0.25) is 0 Å². The van der Waals surface area contributed by atoms with Gasteiger partial charge in [0.1, 0.15) is 5.82 Å². The molecule has 0 bridgehead atoms. The highest BCUT2D eigenvalue weighted by Crippen LogP contribution is 2.35. The molecule has 2 aliphatic rings. The lowest BCUT2D eigenvalue weighted by Gasteiger charge is -2.22. The zero-order valence-electron chi connectivity index (χ0n) is 16.1. The summed E-state index contributed by atoms with van der Waals surface area (Å²) < 4.78 is 2.21. The van der Waals surface area contributed by atoms with Crippen LogP contribution in [0.15, 0.2) is 47.7 Å². The Morgan fingerprint density at radius 2 is 1.85 bits per heavy atom. The Hall–Kier alpha value is -1.57. The van der Waals surface area contributed by atoms with Gasteiger partial charge < -0.3 is 14.8 Å². The summed E-state index contributed by atoms with van der Waals surface area (Å²) in [6, 6.07) is 10.5. The van der Waals surface area contributed by atoms with Gasteiger partial charge >= 0.3 is 0 Å². The first-order valence-corrected chi connectivity index (χ1v) is 9.83. The molecule has 2 unspecified atom stereocenters. The van der Waals surface area contributed by atoms with Crippen molar-refractivity contribution in [3.05, 3.63) is 54.1 Å². The van der Waals surface area contributed by atoms with Gasteiger partial charge in [-0.25, -0.2) is 4.98 Å². The third-order valence-electron chi connectivity index (χ3n) is 5.89. The third kappa shape index (κ3) is 4.83. The first kappa shape index (κ1) is 20.2. The molecule has 146 valence electrons. The van der Waals surface area contributed by atoms with E-state index in [4.69, 9.17) is 0 Å². The van der Waals surface area contributed by atoms with E-state index in [2.05, 4.69) is 61.3 Å². The number of halogens is 1. The van der Waals surface area contributed by atoms with E-state index in [1.807, 2.05) is 13.2 Å². The lowest BCUT2D eigenvalue weighted by Crippen LogP contribution is -2.40. The predicted octanol–water partition coefficient (Wildman–Crippen LogP) is 3.75. The van der Waals surface area contributed by atoms with Gasteiger partial charge in [0, 0.05) is 39.1 Å². The van der Waals surface area contributed by atoms with Crippen molar-refractivity contribution >= 4 is 29.9 Å². The number of nitrogens with zero attached hydrogens (tertiary/aromatic N) is 4. The minimum absolute atomic E-state index is 0. The molecule has 4 rings (SSSR count). The Morgan fingerprint density at radius 3 is 2.52 bits per heavy atom. The Kier molecular flexibility index (Phi) is 7.15. The summed E-state index contributed by atoms with van der Waals surface area (Å²) in [6.45, 7) is 3.87. The topological polar surface area (TPSA) is 45.5 Å². The lowest BCUT2D eigenvalue weighted by atomic mass is 9.82. The molecule has 2 atom stereocenters. The molecule has 2 fully saturated rings. The fourth-order valence-electron chi connectivity index (χ4n) is 4.50. The average Bonchev–Trinajstić information content (AvgIpc) is 3.30. The smallest absolute Gasteiger partial charge is 0.194 e. The molecular weight excluding hydrogens is 449 g/mol. The number of aromatic nitrogens is 2. The summed E-state index contributed by atoms with van der Waals surface area (Å²) in [6.07, 6.45) is 9.51. The Labute approximate surface area is 179 Å². The fourth-order valence-corrected chi connectivity index (χ4v) is 4.50. The van der Waals surface area contributed by atoms with Crippen molar-refractivity contribution in [2.45, 2.75) is 38.8 Å². The monoisotopic (exact) mass is 479 g/mol. The van der Waals surface area contributed by atoms with Crippen LogP contribution in [-0.2, 0) is 13.1 Å². The Balaban J connectivity index is 0.00000210. The van der Waals surface area contributed by atoms with Crippen LogP contribution in [0.3, 0.4) is 0 Å². The van der Waals surface area contributed by atoms with Crippen LogP contribution in [0.1, 0.15) is 37.1 Å². The molecule has 0 spiro atoms. The van der Waals surface area contributed by atoms with Crippen molar-refractivity contribution in [2.75, 3.05) is 20.1 Å². The van der Waals surface area contributed by atoms with E-state index in [0.29, 0.717) is 6.54 Å². The zero-order chi connectivity index (χ0) is 17.8. The van der Waals surface area contributed by atoms with Crippen molar-refractivity contribution in [1.29, 1.82) is 0 Å². The quantitative estimate of drug-likeness (QED) is 0.413.